The van der Waals surface area contributed by atoms with Gasteiger partial charge in [0, 0.05) is 24.8 Å². The molecule has 29 heavy (non-hydrogen) atoms. The van der Waals surface area contributed by atoms with Crippen molar-refractivity contribution in [3.63, 3.8) is 0 Å². The average Bonchev–Trinajstić information content (AvgIpc) is 3.41. The Morgan fingerprint density at radius 3 is 2.76 bits per heavy atom. The summed E-state index contributed by atoms with van der Waals surface area (Å²) in [6.45, 7) is 2.05. The molecule has 3 heterocycles. The predicted octanol–water partition coefficient (Wildman–Crippen LogP) is 4.53. The van der Waals surface area contributed by atoms with Crippen LogP contribution >= 0.6 is 23.0 Å². The third kappa shape index (κ3) is 4.12. The van der Waals surface area contributed by atoms with Gasteiger partial charge in [-0.15, -0.1) is 0 Å². The number of aryl methyl sites for hydroxylation is 1. The highest BCUT2D eigenvalue weighted by Gasteiger charge is 2.17. The monoisotopic (exact) mass is 498 g/mol. The van der Waals surface area contributed by atoms with Gasteiger partial charge < -0.3 is 12.4 Å². The summed E-state index contributed by atoms with van der Waals surface area (Å²) >= 11 is 1.60. The minimum atomic E-state index is -0.380. The molecule has 0 unspecified atom stereocenters. The van der Waals surface area contributed by atoms with Gasteiger partial charge in [-0.3, -0.25) is 0 Å². The van der Waals surface area contributed by atoms with Gasteiger partial charge in [-0.05, 0) is 49.7 Å². The molecule has 0 saturated heterocycles. The van der Waals surface area contributed by atoms with E-state index in [1.54, 1.807) is 47.4 Å². The molecule has 0 N–H and O–H groups in total. The molecule has 0 radical (unpaired) electrons. The Morgan fingerprint density at radius 2 is 2.07 bits per heavy atom. The van der Waals surface area contributed by atoms with Gasteiger partial charge in [-0.1, -0.05) is 18.2 Å². The molecule has 0 atom stereocenters. The lowest BCUT2D eigenvalue weighted by Crippen LogP contribution is -2.16. The van der Waals surface area contributed by atoms with E-state index in [4.69, 9.17) is 13.3 Å². The summed E-state index contributed by atoms with van der Waals surface area (Å²) in [5, 5.41) is 9.07. The second-order valence-electron chi connectivity index (χ2n) is 6.92. The van der Waals surface area contributed by atoms with E-state index in [-0.39, 0.29) is 5.97 Å². The van der Waals surface area contributed by atoms with Gasteiger partial charge in [0.25, 0.3) is 0 Å². The zero-order chi connectivity index (χ0) is 20.2. The number of carbonyl (C=O) groups is 1. The van der Waals surface area contributed by atoms with Crippen molar-refractivity contribution >= 4 is 34.6 Å². The molecule has 0 spiro atoms. The highest BCUT2D eigenvalue weighted by Crippen LogP contribution is 2.27. The first-order chi connectivity index (χ1) is 14.2. The maximum Gasteiger partial charge on any atom is 0.349 e. The van der Waals surface area contributed by atoms with Crippen LogP contribution in [-0.2, 0) is 9.49 Å². The molecule has 6 nitrogen and oxygen atoms in total. The Kier molecular flexibility index (Phi) is 5.81. The van der Waals surface area contributed by atoms with Crippen LogP contribution in [0.4, 0.5) is 0 Å². The Balaban J connectivity index is 1.72. The average molecular weight is 498 g/mol. The molecule has 0 bridgehead atoms. The lowest BCUT2D eigenvalue weighted by atomic mass is 10.1. The number of halogens is 1. The fourth-order valence-electron chi connectivity index (χ4n) is 3.61. The van der Waals surface area contributed by atoms with Crippen molar-refractivity contribution in [2.24, 2.45) is 0 Å². The van der Waals surface area contributed by atoms with Crippen molar-refractivity contribution in [2.75, 3.05) is 13.1 Å². The third-order valence-corrected chi connectivity index (χ3v) is 5.47. The van der Waals surface area contributed by atoms with E-state index in [9.17, 15) is 4.79 Å². The second-order valence-corrected chi connectivity index (χ2v) is 7.36. The minimum Gasteiger partial charge on any atom is -0.391 e. The number of pyridine rings is 1. The lowest BCUT2D eigenvalue weighted by Gasteiger charge is -2.15. The standard InChI is InChI=1S/C22H19IN4O2/c23-29-22(28)18-9-10-20-25-21(17-7-5-16(14-24)6-8-17)19(27(20)15-18)4-3-13-26-11-1-2-12-26/h1,5-11,15H,2-4,12-13H2. The molecule has 1 aliphatic rings. The van der Waals surface area contributed by atoms with Crippen LogP contribution in [0.5, 0.6) is 0 Å². The van der Waals surface area contributed by atoms with E-state index in [1.807, 2.05) is 22.6 Å². The summed E-state index contributed by atoms with van der Waals surface area (Å²) in [6, 6.07) is 13.2. The van der Waals surface area contributed by atoms with Gasteiger partial charge in [0.1, 0.15) is 5.65 Å². The first-order valence-electron chi connectivity index (χ1n) is 9.45. The molecule has 0 aliphatic carbocycles. The number of hydrogen-bond acceptors (Lipinski definition) is 5. The maximum atomic E-state index is 12.0. The van der Waals surface area contributed by atoms with Crippen LogP contribution in [0.3, 0.4) is 0 Å². The molecule has 0 amide bonds. The van der Waals surface area contributed by atoms with Gasteiger partial charge in [-0.25, -0.2) is 9.78 Å². The molecule has 2 aromatic heterocycles. The van der Waals surface area contributed by atoms with E-state index in [1.165, 1.54) is 0 Å². The van der Waals surface area contributed by atoms with Crippen LogP contribution in [0.15, 0.2) is 54.9 Å². The van der Waals surface area contributed by atoms with Gasteiger partial charge in [0.2, 0.25) is 0 Å². The summed E-state index contributed by atoms with van der Waals surface area (Å²) in [5.41, 5.74) is 4.78. The second kappa shape index (κ2) is 8.66. The molecule has 4 rings (SSSR count). The Morgan fingerprint density at radius 1 is 1.24 bits per heavy atom. The van der Waals surface area contributed by atoms with Crippen molar-refractivity contribution in [1.29, 1.82) is 5.26 Å². The number of aromatic nitrogens is 2. The zero-order valence-electron chi connectivity index (χ0n) is 15.7. The minimum absolute atomic E-state index is 0.380. The summed E-state index contributed by atoms with van der Waals surface area (Å²) in [6.07, 6.45) is 9.05. The number of hydrogen-bond donors (Lipinski definition) is 0. The largest absolute Gasteiger partial charge is 0.391 e. The Bertz CT molecular complexity index is 1110. The SMILES string of the molecule is N#Cc1ccc(-c2nc3ccc(C(=O)OI)cn3c2CCCN2C=CCC2)cc1. The van der Waals surface area contributed by atoms with Crippen LogP contribution in [0.2, 0.25) is 0 Å². The van der Waals surface area contributed by atoms with Crippen LogP contribution in [0.1, 0.15) is 34.5 Å². The number of carbonyl (C=O) groups excluding carboxylic acids is 1. The molecule has 0 fully saturated rings. The van der Waals surface area contributed by atoms with Crippen LogP contribution in [0, 0.1) is 11.3 Å². The topological polar surface area (TPSA) is 70.6 Å². The highest BCUT2D eigenvalue weighted by atomic mass is 127. The normalized spacial score (nSPS) is 13.0. The van der Waals surface area contributed by atoms with E-state index < -0.39 is 0 Å². The molecular formula is C22H19IN4O2. The number of nitrogens with zero attached hydrogens (tertiary/aromatic N) is 4. The number of fused-ring (bicyclic) bond motifs is 1. The van der Waals surface area contributed by atoms with Gasteiger partial charge in [-0.2, -0.15) is 5.26 Å². The molecular weight excluding hydrogens is 479 g/mol. The van der Waals surface area contributed by atoms with Crippen molar-refractivity contribution in [1.82, 2.24) is 14.3 Å². The molecule has 0 saturated carbocycles. The van der Waals surface area contributed by atoms with E-state index in [2.05, 4.69) is 23.2 Å². The maximum absolute atomic E-state index is 12.0. The van der Waals surface area contributed by atoms with Gasteiger partial charge in [0.15, 0.2) is 23.0 Å². The van der Waals surface area contributed by atoms with Gasteiger partial charge >= 0.3 is 5.97 Å². The van der Waals surface area contributed by atoms with E-state index >= 15 is 0 Å². The number of rotatable bonds is 6. The quantitative estimate of drug-likeness (QED) is 0.467. The van der Waals surface area contributed by atoms with E-state index in [0.717, 1.165) is 55.0 Å². The van der Waals surface area contributed by atoms with Gasteiger partial charge in [0.05, 0.1) is 28.6 Å². The summed E-state index contributed by atoms with van der Waals surface area (Å²) in [4.78, 5) is 19.1. The van der Waals surface area contributed by atoms with Crippen LogP contribution < -0.4 is 0 Å². The van der Waals surface area contributed by atoms with Crippen LogP contribution in [0.25, 0.3) is 16.9 Å². The molecule has 3 aromatic rings. The smallest absolute Gasteiger partial charge is 0.349 e. The fraction of sp³-hybridized carbons (Fsp3) is 0.227. The Hall–Kier alpha value is -2.86. The third-order valence-electron chi connectivity index (χ3n) is 5.07. The molecule has 7 heteroatoms. The number of benzene rings is 1. The molecule has 1 aliphatic heterocycles. The predicted molar refractivity (Wildman–Crippen MR) is 118 cm³/mol. The summed E-state index contributed by atoms with van der Waals surface area (Å²) < 4.78 is 6.83. The number of nitriles is 1. The summed E-state index contributed by atoms with van der Waals surface area (Å²) in [7, 11) is 0. The first-order valence-corrected chi connectivity index (χ1v) is 10.3. The lowest BCUT2D eigenvalue weighted by molar-refractivity contribution is 0.0799. The number of imidazole rings is 1. The first kappa shape index (κ1) is 19.5. The van der Waals surface area contributed by atoms with Crippen molar-refractivity contribution < 1.29 is 7.86 Å². The highest BCUT2D eigenvalue weighted by molar-refractivity contribution is 14.1. The van der Waals surface area contributed by atoms with Crippen molar-refractivity contribution in [3.05, 3.63) is 71.7 Å². The van der Waals surface area contributed by atoms with Crippen LogP contribution in [-0.4, -0.2) is 33.3 Å². The van der Waals surface area contributed by atoms with Crippen molar-refractivity contribution in [2.45, 2.75) is 19.3 Å². The molecule has 146 valence electrons. The molecule has 1 aromatic carbocycles. The fourth-order valence-corrected chi connectivity index (χ4v) is 3.86. The summed E-state index contributed by atoms with van der Waals surface area (Å²) in [5.74, 6) is -0.380. The Labute approximate surface area is 183 Å². The van der Waals surface area contributed by atoms with E-state index in [0.29, 0.717) is 11.1 Å². The zero-order valence-corrected chi connectivity index (χ0v) is 17.9. The van der Waals surface area contributed by atoms with Crippen molar-refractivity contribution in [3.8, 4) is 17.3 Å².